The van der Waals surface area contributed by atoms with Crippen LogP contribution in [-0.4, -0.2) is 30.2 Å². The summed E-state index contributed by atoms with van der Waals surface area (Å²) >= 11 is 6.22. The minimum absolute atomic E-state index is 0.0267. The van der Waals surface area contributed by atoms with Crippen molar-refractivity contribution in [2.75, 3.05) is 23.8 Å². The molecule has 5 N–H and O–H groups in total. The van der Waals surface area contributed by atoms with Crippen molar-refractivity contribution in [2.45, 2.75) is 25.3 Å². The van der Waals surface area contributed by atoms with Crippen molar-refractivity contribution in [1.82, 2.24) is 0 Å². The fourth-order valence-corrected chi connectivity index (χ4v) is 2.92. The zero-order chi connectivity index (χ0) is 14.0. The van der Waals surface area contributed by atoms with Crippen LogP contribution in [0, 0.1) is 0 Å². The lowest BCUT2D eigenvalue weighted by molar-refractivity contribution is 0.100. The first-order valence-electron chi connectivity index (χ1n) is 6.31. The number of benzene rings is 1. The summed E-state index contributed by atoms with van der Waals surface area (Å²) in [5, 5.41) is 9.87. The van der Waals surface area contributed by atoms with Crippen LogP contribution in [0.1, 0.15) is 29.6 Å². The summed E-state index contributed by atoms with van der Waals surface area (Å²) in [4.78, 5) is 13.5. The summed E-state index contributed by atoms with van der Waals surface area (Å²) in [6.45, 7) is 0.772. The molecule has 1 amide bonds. The van der Waals surface area contributed by atoms with E-state index in [1.54, 1.807) is 6.07 Å². The van der Waals surface area contributed by atoms with Gasteiger partial charge >= 0.3 is 0 Å². The van der Waals surface area contributed by atoms with E-state index in [0.29, 0.717) is 22.0 Å². The molecule has 1 aromatic carbocycles. The van der Waals surface area contributed by atoms with E-state index in [9.17, 15) is 9.90 Å². The highest BCUT2D eigenvalue weighted by molar-refractivity contribution is 6.34. The van der Waals surface area contributed by atoms with Crippen molar-refractivity contribution in [3.05, 3.63) is 22.7 Å². The van der Waals surface area contributed by atoms with E-state index in [1.807, 2.05) is 4.90 Å². The first kappa shape index (κ1) is 14.0. The van der Waals surface area contributed by atoms with Crippen LogP contribution in [-0.2, 0) is 0 Å². The molecule has 1 heterocycles. The number of nitrogens with two attached hydrogens (primary N) is 2. The monoisotopic (exact) mass is 283 g/mol. The van der Waals surface area contributed by atoms with Gasteiger partial charge in [-0.2, -0.15) is 0 Å². The molecule has 1 unspecified atom stereocenters. The fraction of sp³-hybridized carbons (Fsp3) is 0.462. The van der Waals surface area contributed by atoms with Gasteiger partial charge in [-0.05, 0) is 31.4 Å². The molecule has 0 spiro atoms. The molecule has 1 fully saturated rings. The summed E-state index contributed by atoms with van der Waals surface area (Å²) in [6.07, 6.45) is 2.92. The standard InChI is InChI=1S/C13H18ClN3O2/c14-11-6-8(15)5-10(13(16)19)12(11)17-4-2-1-3-9(17)7-18/h5-6,9,18H,1-4,7,15H2,(H2,16,19). The van der Waals surface area contributed by atoms with Crippen molar-refractivity contribution >= 4 is 28.9 Å². The van der Waals surface area contributed by atoms with Crippen LogP contribution >= 0.6 is 11.6 Å². The van der Waals surface area contributed by atoms with Crippen LogP contribution in [0.25, 0.3) is 0 Å². The summed E-state index contributed by atoms with van der Waals surface area (Å²) in [5.74, 6) is -0.563. The van der Waals surface area contributed by atoms with Crippen LogP contribution in [0.15, 0.2) is 12.1 Å². The third-order valence-electron chi connectivity index (χ3n) is 3.48. The number of hydrogen-bond donors (Lipinski definition) is 3. The number of piperidine rings is 1. The molecule has 6 heteroatoms. The fourth-order valence-electron chi connectivity index (χ4n) is 2.58. The number of rotatable bonds is 3. The molecular formula is C13H18ClN3O2. The van der Waals surface area contributed by atoms with Crippen molar-refractivity contribution in [3.8, 4) is 0 Å². The van der Waals surface area contributed by atoms with Crippen LogP contribution in [0.2, 0.25) is 5.02 Å². The first-order chi connectivity index (χ1) is 9.04. The van der Waals surface area contributed by atoms with Crippen molar-refractivity contribution < 1.29 is 9.90 Å². The minimum Gasteiger partial charge on any atom is -0.399 e. The largest absolute Gasteiger partial charge is 0.399 e. The lowest BCUT2D eigenvalue weighted by Crippen LogP contribution is -2.43. The molecule has 1 aromatic rings. The summed E-state index contributed by atoms with van der Waals surface area (Å²) in [6, 6.07) is 3.10. The number of primary amides is 1. The highest BCUT2D eigenvalue weighted by atomic mass is 35.5. The quantitative estimate of drug-likeness (QED) is 0.731. The maximum Gasteiger partial charge on any atom is 0.250 e. The molecular weight excluding hydrogens is 266 g/mol. The van der Waals surface area contributed by atoms with Crippen LogP contribution in [0.3, 0.4) is 0 Å². The second-order valence-electron chi connectivity index (χ2n) is 4.79. The van der Waals surface area contributed by atoms with Crippen molar-refractivity contribution in [1.29, 1.82) is 0 Å². The van der Waals surface area contributed by atoms with Gasteiger partial charge in [-0.15, -0.1) is 0 Å². The van der Waals surface area contributed by atoms with Gasteiger partial charge in [0.15, 0.2) is 0 Å². The molecule has 0 bridgehead atoms. The predicted molar refractivity (Wildman–Crippen MR) is 76.5 cm³/mol. The lowest BCUT2D eigenvalue weighted by Gasteiger charge is -2.38. The van der Waals surface area contributed by atoms with Crippen LogP contribution in [0.4, 0.5) is 11.4 Å². The average molecular weight is 284 g/mol. The van der Waals surface area contributed by atoms with E-state index in [1.165, 1.54) is 6.07 Å². The van der Waals surface area contributed by atoms with E-state index in [0.717, 1.165) is 25.8 Å². The molecule has 0 radical (unpaired) electrons. The SMILES string of the molecule is NC(=O)c1cc(N)cc(Cl)c1N1CCCCC1CO. The lowest BCUT2D eigenvalue weighted by atomic mass is 9.99. The van der Waals surface area contributed by atoms with Gasteiger partial charge in [-0.3, -0.25) is 4.79 Å². The highest BCUT2D eigenvalue weighted by Gasteiger charge is 2.27. The molecule has 0 aliphatic carbocycles. The second kappa shape index (κ2) is 5.67. The number of amides is 1. The zero-order valence-electron chi connectivity index (χ0n) is 10.6. The van der Waals surface area contributed by atoms with Crippen molar-refractivity contribution in [3.63, 3.8) is 0 Å². The Balaban J connectivity index is 2.50. The van der Waals surface area contributed by atoms with Gasteiger partial charge < -0.3 is 21.5 Å². The molecule has 1 aliphatic heterocycles. The predicted octanol–water partition coefficient (Wildman–Crippen LogP) is 1.37. The maximum absolute atomic E-state index is 11.6. The second-order valence-corrected chi connectivity index (χ2v) is 5.20. The molecule has 0 saturated carbocycles. The Kier molecular flexibility index (Phi) is 4.17. The third-order valence-corrected chi connectivity index (χ3v) is 3.76. The number of anilines is 2. The number of hydrogen-bond acceptors (Lipinski definition) is 4. The number of halogens is 1. The molecule has 2 rings (SSSR count). The number of carbonyl (C=O) groups is 1. The minimum atomic E-state index is -0.563. The topological polar surface area (TPSA) is 92.6 Å². The average Bonchev–Trinajstić information content (AvgIpc) is 2.38. The Labute approximate surface area is 117 Å². The summed E-state index contributed by atoms with van der Waals surface area (Å²) in [7, 11) is 0. The highest BCUT2D eigenvalue weighted by Crippen LogP contribution is 2.36. The molecule has 104 valence electrons. The first-order valence-corrected chi connectivity index (χ1v) is 6.68. The Morgan fingerprint density at radius 2 is 2.21 bits per heavy atom. The molecule has 5 nitrogen and oxygen atoms in total. The van der Waals surface area contributed by atoms with E-state index >= 15 is 0 Å². The number of nitrogens with zero attached hydrogens (tertiary/aromatic N) is 1. The molecule has 1 saturated heterocycles. The third kappa shape index (κ3) is 2.77. The van der Waals surface area contributed by atoms with Crippen LogP contribution in [0.5, 0.6) is 0 Å². The zero-order valence-corrected chi connectivity index (χ0v) is 11.4. The normalized spacial score (nSPS) is 19.5. The van der Waals surface area contributed by atoms with Gasteiger partial charge in [-0.25, -0.2) is 0 Å². The van der Waals surface area contributed by atoms with Gasteiger partial charge in [0.05, 0.1) is 28.9 Å². The van der Waals surface area contributed by atoms with E-state index in [-0.39, 0.29) is 12.6 Å². The number of aliphatic hydroxyl groups excluding tert-OH is 1. The summed E-state index contributed by atoms with van der Waals surface area (Å²) < 4.78 is 0. The Hall–Kier alpha value is -1.46. The van der Waals surface area contributed by atoms with Gasteiger partial charge in [-0.1, -0.05) is 11.6 Å². The number of nitrogen functional groups attached to an aromatic ring is 1. The van der Waals surface area contributed by atoms with Crippen LogP contribution < -0.4 is 16.4 Å². The van der Waals surface area contributed by atoms with E-state index in [4.69, 9.17) is 23.1 Å². The van der Waals surface area contributed by atoms with Gasteiger partial charge in [0.2, 0.25) is 0 Å². The van der Waals surface area contributed by atoms with Gasteiger partial charge in [0.1, 0.15) is 0 Å². The number of carbonyl (C=O) groups excluding carboxylic acids is 1. The smallest absolute Gasteiger partial charge is 0.250 e. The molecule has 1 aliphatic rings. The maximum atomic E-state index is 11.6. The summed E-state index contributed by atoms with van der Waals surface area (Å²) in [5.41, 5.74) is 12.4. The van der Waals surface area contributed by atoms with E-state index < -0.39 is 5.91 Å². The van der Waals surface area contributed by atoms with Gasteiger partial charge in [0.25, 0.3) is 5.91 Å². The Bertz CT molecular complexity index is 493. The van der Waals surface area contributed by atoms with Crippen molar-refractivity contribution in [2.24, 2.45) is 5.73 Å². The number of aliphatic hydroxyl groups is 1. The van der Waals surface area contributed by atoms with E-state index in [2.05, 4.69) is 0 Å². The molecule has 19 heavy (non-hydrogen) atoms. The molecule has 0 aromatic heterocycles. The molecule has 1 atom stereocenters. The van der Waals surface area contributed by atoms with Gasteiger partial charge in [0, 0.05) is 12.2 Å². The Morgan fingerprint density at radius 1 is 1.47 bits per heavy atom. The Morgan fingerprint density at radius 3 is 2.84 bits per heavy atom.